The van der Waals surface area contributed by atoms with E-state index in [0.29, 0.717) is 31.4 Å². The molecule has 0 saturated heterocycles. The molecular weight excluding hydrogens is 330 g/mol. The van der Waals surface area contributed by atoms with Crippen LogP contribution in [-0.2, 0) is 9.59 Å². The van der Waals surface area contributed by atoms with Crippen molar-refractivity contribution in [3.05, 3.63) is 54.6 Å². The fourth-order valence-corrected chi connectivity index (χ4v) is 3.35. The molecule has 5 heteroatoms. The Kier molecular flexibility index (Phi) is 5.89. The van der Waals surface area contributed by atoms with E-state index in [-0.39, 0.29) is 24.5 Å². The topological polar surface area (TPSA) is 75.6 Å². The molecule has 0 radical (unpaired) electrons. The fourth-order valence-electron chi connectivity index (χ4n) is 3.35. The number of amides is 1. The van der Waals surface area contributed by atoms with Crippen molar-refractivity contribution in [3.8, 4) is 16.9 Å². The Morgan fingerprint density at radius 1 is 0.962 bits per heavy atom. The lowest BCUT2D eigenvalue weighted by atomic mass is 9.86. The minimum Gasteiger partial charge on any atom is -0.483 e. The highest BCUT2D eigenvalue weighted by atomic mass is 16.5. The Morgan fingerprint density at radius 3 is 2.31 bits per heavy atom. The number of hydrogen-bond acceptors (Lipinski definition) is 3. The zero-order chi connectivity index (χ0) is 18.4. The molecule has 1 aliphatic rings. The summed E-state index contributed by atoms with van der Waals surface area (Å²) < 4.78 is 5.75. The van der Waals surface area contributed by atoms with Crippen LogP contribution >= 0.6 is 0 Å². The molecular formula is C21H23NO4. The predicted octanol–water partition coefficient (Wildman–Crippen LogP) is 3.49. The van der Waals surface area contributed by atoms with E-state index < -0.39 is 5.97 Å². The third kappa shape index (κ3) is 4.63. The molecule has 26 heavy (non-hydrogen) atoms. The highest BCUT2D eigenvalue weighted by molar-refractivity contribution is 5.78. The average molecular weight is 353 g/mol. The molecule has 0 aromatic heterocycles. The number of carboxylic acids is 1. The summed E-state index contributed by atoms with van der Waals surface area (Å²) in [5, 5.41) is 12.0. The molecule has 0 atom stereocenters. The second-order valence-electron chi connectivity index (χ2n) is 6.61. The Hall–Kier alpha value is -2.82. The van der Waals surface area contributed by atoms with Gasteiger partial charge in [0, 0.05) is 11.6 Å². The first-order valence-electron chi connectivity index (χ1n) is 8.93. The highest BCUT2D eigenvalue weighted by Crippen LogP contribution is 2.29. The summed E-state index contributed by atoms with van der Waals surface area (Å²) in [5.41, 5.74) is 1.98. The van der Waals surface area contributed by atoms with E-state index in [2.05, 4.69) is 5.32 Å². The third-order valence-electron chi connectivity index (χ3n) is 4.77. The zero-order valence-electron chi connectivity index (χ0n) is 14.6. The van der Waals surface area contributed by atoms with Crippen molar-refractivity contribution in [3.63, 3.8) is 0 Å². The lowest BCUT2D eigenvalue weighted by molar-refractivity contribution is -0.142. The second-order valence-corrected chi connectivity index (χ2v) is 6.61. The molecule has 0 bridgehead atoms. The summed E-state index contributed by atoms with van der Waals surface area (Å²) in [6, 6.07) is 17.6. The fraction of sp³-hybridized carbons (Fsp3) is 0.333. The van der Waals surface area contributed by atoms with Crippen LogP contribution in [-0.4, -0.2) is 29.6 Å². The zero-order valence-corrected chi connectivity index (χ0v) is 14.6. The molecule has 1 saturated carbocycles. The number of benzene rings is 2. The molecule has 2 aromatic rings. The van der Waals surface area contributed by atoms with Crippen LogP contribution in [0.15, 0.2) is 54.6 Å². The summed E-state index contributed by atoms with van der Waals surface area (Å²) in [4.78, 5) is 23.2. The quantitative estimate of drug-likeness (QED) is 0.833. The molecule has 0 unspecified atom stereocenters. The summed E-state index contributed by atoms with van der Waals surface area (Å²) in [6.07, 6.45) is 2.61. The van der Waals surface area contributed by atoms with Gasteiger partial charge < -0.3 is 15.2 Å². The van der Waals surface area contributed by atoms with Gasteiger partial charge in [-0.25, -0.2) is 0 Å². The van der Waals surface area contributed by atoms with Crippen LogP contribution in [0.4, 0.5) is 0 Å². The van der Waals surface area contributed by atoms with Gasteiger partial charge in [-0.15, -0.1) is 0 Å². The van der Waals surface area contributed by atoms with Crippen molar-refractivity contribution < 1.29 is 19.4 Å². The number of para-hydroxylation sites is 1. The van der Waals surface area contributed by atoms with Gasteiger partial charge in [0.25, 0.3) is 5.91 Å². The number of ether oxygens (including phenoxy) is 1. The second kappa shape index (κ2) is 8.52. The Balaban J connectivity index is 1.54. The minimum absolute atomic E-state index is 0.0334. The third-order valence-corrected chi connectivity index (χ3v) is 4.77. The van der Waals surface area contributed by atoms with Crippen LogP contribution in [0.2, 0.25) is 0 Å². The van der Waals surface area contributed by atoms with Crippen molar-refractivity contribution in [1.82, 2.24) is 5.32 Å². The summed E-state index contributed by atoms with van der Waals surface area (Å²) in [5.74, 6) is -0.525. The Labute approximate surface area is 153 Å². The minimum atomic E-state index is -0.740. The monoisotopic (exact) mass is 353 g/mol. The van der Waals surface area contributed by atoms with Gasteiger partial charge in [-0.1, -0.05) is 48.5 Å². The molecule has 1 amide bonds. The number of carbonyl (C=O) groups excluding carboxylic acids is 1. The van der Waals surface area contributed by atoms with E-state index in [1.807, 2.05) is 54.6 Å². The van der Waals surface area contributed by atoms with Gasteiger partial charge in [0.05, 0.1) is 5.92 Å². The molecule has 136 valence electrons. The van der Waals surface area contributed by atoms with Crippen molar-refractivity contribution in [2.24, 2.45) is 5.92 Å². The molecule has 0 spiro atoms. The summed E-state index contributed by atoms with van der Waals surface area (Å²) >= 11 is 0. The van der Waals surface area contributed by atoms with Gasteiger partial charge in [0.15, 0.2) is 6.61 Å². The SMILES string of the molecule is O=C(COc1ccccc1-c1ccccc1)NC1CCC(C(=O)O)CC1. The lowest BCUT2D eigenvalue weighted by Gasteiger charge is -2.26. The smallest absolute Gasteiger partial charge is 0.306 e. The average Bonchev–Trinajstić information content (AvgIpc) is 2.68. The van der Waals surface area contributed by atoms with Gasteiger partial charge in [-0.05, 0) is 37.3 Å². The van der Waals surface area contributed by atoms with Crippen molar-refractivity contribution in [2.75, 3.05) is 6.61 Å². The van der Waals surface area contributed by atoms with Gasteiger partial charge in [0.2, 0.25) is 0 Å². The van der Waals surface area contributed by atoms with Crippen molar-refractivity contribution >= 4 is 11.9 Å². The number of aliphatic carboxylic acids is 1. The Bertz CT molecular complexity index is 752. The van der Waals surface area contributed by atoms with Crippen LogP contribution in [0.5, 0.6) is 5.75 Å². The van der Waals surface area contributed by atoms with Crippen LogP contribution in [0.1, 0.15) is 25.7 Å². The maximum Gasteiger partial charge on any atom is 0.306 e. The molecule has 1 aliphatic carbocycles. The molecule has 1 fully saturated rings. The molecule has 5 nitrogen and oxygen atoms in total. The maximum absolute atomic E-state index is 12.2. The first kappa shape index (κ1) is 18.0. The first-order chi connectivity index (χ1) is 12.6. The van der Waals surface area contributed by atoms with E-state index in [1.54, 1.807) is 0 Å². The van der Waals surface area contributed by atoms with Crippen molar-refractivity contribution in [2.45, 2.75) is 31.7 Å². The largest absolute Gasteiger partial charge is 0.483 e. The van der Waals surface area contributed by atoms with E-state index in [4.69, 9.17) is 9.84 Å². The van der Waals surface area contributed by atoms with E-state index in [9.17, 15) is 9.59 Å². The highest BCUT2D eigenvalue weighted by Gasteiger charge is 2.26. The van der Waals surface area contributed by atoms with Crippen LogP contribution < -0.4 is 10.1 Å². The van der Waals surface area contributed by atoms with E-state index in [1.165, 1.54) is 0 Å². The number of hydrogen-bond donors (Lipinski definition) is 2. The molecule has 2 aromatic carbocycles. The van der Waals surface area contributed by atoms with E-state index >= 15 is 0 Å². The van der Waals surface area contributed by atoms with Gasteiger partial charge in [-0.2, -0.15) is 0 Å². The standard InChI is InChI=1S/C21H23NO4/c23-20(22-17-12-10-16(11-13-17)21(24)25)14-26-19-9-5-4-8-18(19)15-6-2-1-3-7-15/h1-9,16-17H,10-14H2,(H,22,23)(H,24,25). The van der Waals surface area contributed by atoms with Crippen LogP contribution in [0.3, 0.4) is 0 Å². The number of rotatable bonds is 6. The number of carboxylic acid groups (broad SMARTS) is 1. The lowest BCUT2D eigenvalue weighted by Crippen LogP contribution is -2.40. The van der Waals surface area contributed by atoms with E-state index in [0.717, 1.165) is 11.1 Å². The molecule has 2 N–H and O–H groups in total. The summed E-state index contributed by atoms with van der Waals surface area (Å²) in [6.45, 7) is -0.0529. The van der Waals surface area contributed by atoms with Crippen molar-refractivity contribution in [1.29, 1.82) is 0 Å². The van der Waals surface area contributed by atoms with Gasteiger partial charge >= 0.3 is 5.97 Å². The molecule has 0 aliphatic heterocycles. The van der Waals surface area contributed by atoms with Gasteiger partial charge in [0.1, 0.15) is 5.75 Å². The molecule has 0 heterocycles. The summed E-state index contributed by atoms with van der Waals surface area (Å²) in [7, 11) is 0. The van der Waals surface area contributed by atoms with Crippen LogP contribution in [0.25, 0.3) is 11.1 Å². The number of nitrogens with one attached hydrogen (secondary N) is 1. The van der Waals surface area contributed by atoms with Crippen LogP contribution in [0, 0.1) is 5.92 Å². The normalized spacial score (nSPS) is 19.5. The maximum atomic E-state index is 12.2. The predicted molar refractivity (Wildman–Crippen MR) is 98.9 cm³/mol. The Morgan fingerprint density at radius 2 is 1.62 bits per heavy atom. The first-order valence-corrected chi connectivity index (χ1v) is 8.93. The number of carbonyl (C=O) groups is 2. The molecule has 3 rings (SSSR count). The van der Waals surface area contributed by atoms with Gasteiger partial charge in [-0.3, -0.25) is 9.59 Å².